The molecule has 1 aromatic carbocycles. The molecule has 1 unspecified atom stereocenters. The van der Waals surface area contributed by atoms with Gasteiger partial charge < -0.3 is 10.6 Å². The molecule has 2 amide bonds. The maximum atomic E-state index is 12.3. The van der Waals surface area contributed by atoms with Crippen LogP contribution in [0, 0.1) is 0 Å². The summed E-state index contributed by atoms with van der Waals surface area (Å²) in [5, 5.41) is 7.29. The van der Waals surface area contributed by atoms with Crippen LogP contribution < -0.4 is 16.2 Å². The van der Waals surface area contributed by atoms with E-state index < -0.39 is 6.03 Å². The number of benzene rings is 1. The van der Waals surface area contributed by atoms with Gasteiger partial charge >= 0.3 is 6.03 Å². The Morgan fingerprint density at radius 2 is 2.08 bits per heavy atom. The number of amides is 2. The van der Waals surface area contributed by atoms with E-state index in [1.165, 1.54) is 45.9 Å². The molecule has 0 fully saturated rings. The Balaban J connectivity index is 1.47. The van der Waals surface area contributed by atoms with Crippen molar-refractivity contribution in [1.82, 2.24) is 14.7 Å². The van der Waals surface area contributed by atoms with Crippen LogP contribution in [-0.4, -0.2) is 15.4 Å². The zero-order valence-electron chi connectivity index (χ0n) is 14.5. The lowest BCUT2D eigenvalue weighted by Gasteiger charge is -2.20. The molecule has 0 spiro atoms. The number of nitrogens with zero attached hydrogens (tertiary/aromatic N) is 2. The number of aromatic nitrogens is 2. The van der Waals surface area contributed by atoms with Crippen LogP contribution in [0.5, 0.6) is 0 Å². The minimum Gasteiger partial charge on any atom is -0.331 e. The van der Waals surface area contributed by atoms with Crippen molar-refractivity contribution < 1.29 is 4.79 Å². The van der Waals surface area contributed by atoms with Crippen LogP contribution in [0.2, 0.25) is 0 Å². The molecule has 3 aromatic rings. The second-order valence-electron chi connectivity index (χ2n) is 6.59. The van der Waals surface area contributed by atoms with E-state index in [1.54, 1.807) is 11.6 Å². The number of fused-ring (bicyclic) bond motifs is 2. The standard InChI is InChI=1S/C19H20N4O2S/c1-12(14-7-6-13-4-2-3-5-15(13)10-14)21-18(25)22-16-11-20-19-23(17(16)24)8-9-26-19/h6-12H,2-5H2,1H3,(H2,21,22,25). The number of hydrogen-bond donors (Lipinski definition) is 2. The summed E-state index contributed by atoms with van der Waals surface area (Å²) in [4.78, 5) is 29.4. The van der Waals surface area contributed by atoms with Gasteiger partial charge in [0, 0.05) is 11.6 Å². The molecule has 4 rings (SSSR count). The molecule has 0 saturated carbocycles. The molecule has 0 radical (unpaired) electrons. The maximum absolute atomic E-state index is 12.3. The number of carbonyl (C=O) groups excluding carboxylic acids is 1. The molecule has 2 N–H and O–H groups in total. The Kier molecular flexibility index (Phi) is 4.46. The van der Waals surface area contributed by atoms with Gasteiger partial charge in [0.1, 0.15) is 5.69 Å². The van der Waals surface area contributed by atoms with Crippen molar-refractivity contribution in [3.05, 3.63) is 63.0 Å². The van der Waals surface area contributed by atoms with Gasteiger partial charge in [-0.3, -0.25) is 9.20 Å². The van der Waals surface area contributed by atoms with Crippen LogP contribution in [0.4, 0.5) is 10.5 Å². The molecular formula is C19H20N4O2S. The first-order valence-corrected chi connectivity index (χ1v) is 9.64. The SMILES string of the molecule is CC(NC(=O)Nc1cnc2sccn2c1=O)c1ccc2c(c1)CCCC2. The number of aryl methyl sites for hydroxylation is 2. The third kappa shape index (κ3) is 3.22. The number of urea groups is 1. The Hall–Kier alpha value is -2.67. The summed E-state index contributed by atoms with van der Waals surface area (Å²) in [6.45, 7) is 1.94. The van der Waals surface area contributed by atoms with Crippen LogP contribution in [0.15, 0.2) is 40.8 Å². The van der Waals surface area contributed by atoms with Crippen molar-refractivity contribution in [2.24, 2.45) is 0 Å². The van der Waals surface area contributed by atoms with E-state index in [4.69, 9.17) is 0 Å². The van der Waals surface area contributed by atoms with E-state index in [9.17, 15) is 9.59 Å². The van der Waals surface area contributed by atoms with Gasteiger partial charge in [0.15, 0.2) is 4.96 Å². The van der Waals surface area contributed by atoms with E-state index in [0.29, 0.717) is 4.96 Å². The fourth-order valence-electron chi connectivity index (χ4n) is 3.37. The predicted octanol–water partition coefficient (Wildman–Crippen LogP) is 3.52. The number of thiazole rings is 1. The summed E-state index contributed by atoms with van der Waals surface area (Å²) in [6.07, 6.45) is 7.76. The van der Waals surface area contributed by atoms with Crippen molar-refractivity contribution in [3.63, 3.8) is 0 Å². The Morgan fingerprint density at radius 3 is 2.92 bits per heavy atom. The van der Waals surface area contributed by atoms with Crippen LogP contribution in [-0.2, 0) is 12.8 Å². The number of hydrogen-bond acceptors (Lipinski definition) is 4. The fraction of sp³-hybridized carbons (Fsp3) is 0.316. The third-order valence-corrected chi connectivity index (χ3v) is 5.58. The fourth-order valence-corrected chi connectivity index (χ4v) is 4.05. The summed E-state index contributed by atoms with van der Waals surface area (Å²) < 4.78 is 1.42. The average molecular weight is 368 g/mol. The zero-order chi connectivity index (χ0) is 18.1. The quantitative estimate of drug-likeness (QED) is 0.743. The van der Waals surface area contributed by atoms with Crippen LogP contribution in [0.25, 0.3) is 4.96 Å². The van der Waals surface area contributed by atoms with Crippen LogP contribution >= 0.6 is 11.3 Å². The summed E-state index contributed by atoms with van der Waals surface area (Å²) in [6, 6.07) is 5.86. The molecule has 2 heterocycles. The van der Waals surface area contributed by atoms with Crippen molar-refractivity contribution in [2.45, 2.75) is 38.6 Å². The highest BCUT2D eigenvalue weighted by Crippen LogP contribution is 2.24. The smallest absolute Gasteiger partial charge is 0.319 e. The first kappa shape index (κ1) is 16.8. The number of nitrogens with one attached hydrogen (secondary N) is 2. The molecule has 0 aliphatic heterocycles. The second kappa shape index (κ2) is 6.92. The Labute approximate surface area is 154 Å². The molecule has 26 heavy (non-hydrogen) atoms. The topological polar surface area (TPSA) is 75.5 Å². The van der Waals surface area contributed by atoms with Gasteiger partial charge in [-0.25, -0.2) is 9.78 Å². The molecule has 0 bridgehead atoms. The van der Waals surface area contributed by atoms with E-state index in [-0.39, 0.29) is 17.3 Å². The largest absolute Gasteiger partial charge is 0.331 e. The van der Waals surface area contributed by atoms with Crippen LogP contribution in [0.1, 0.15) is 42.5 Å². The normalized spacial score (nSPS) is 14.7. The Bertz CT molecular complexity index is 1020. The number of carbonyl (C=O) groups is 1. The van der Waals surface area contributed by atoms with Gasteiger partial charge in [-0.1, -0.05) is 18.2 Å². The third-order valence-electron chi connectivity index (χ3n) is 4.81. The number of anilines is 1. The summed E-state index contributed by atoms with van der Waals surface area (Å²) in [5.41, 5.74) is 3.75. The van der Waals surface area contributed by atoms with E-state index in [0.717, 1.165) is 18.4 Å². The molecule has 1 atom stereocenters. The van der Waals surface area contributed by atoms with Gasteiger partial charge in [0.05, 0.1) is 12.2 Å². The molecular weight excluding hydrogens is 348 g/mol. The van der Waals surface area contributed by atoms with Crippen molar-refractivity contribution in [3.8, 4) is 0 Å². The predicted molar refractivity (Wildman–Crippen MR) is 103 cm³/mol. The first-order valence-electron chi connectivity index (χ1n) is 8.76. The Morgan fingerprint density at radius 1 is 1.27 bits per heavy atom. The van der Waals surface area contributed by atoms with Gasteiger partial charge in [-0.2, -0.15) is 0 Å². The highest BCUT2D eigenvalue weighted by molar-refractivity contribution is 7.15. The lowest BCUT2D eigenvalue weighted by molar-refractivity contribution is 0.249. The molecule has 0 saturated heterocycles. The minimum atomic E-state index is -0.413. The van der Waals surface area contributed by atoms with Crippen molar-refractivity contribution >= 4 is 28.0 Å². The lowest BCUT2D eigenvalue weighted by Crippen LogP contribution is -2.33. The number of rotatable bonds is 3. The second-order valence-corrected chi connectivity index (χ2v) is 7.46. The van der Waals surface area contributed by atoms with Crippen LogP contribution in [0.3, 0.4) is 0 Å². The summed E-state index contributed by atoms with van der Waals surface area (Å²) in [7, 11) is 0. The molecule has 6 nitrogen and oxygen atoms in total. The maximum Gasteiger partial charge on any atom is 0.319 e. The van der Waals surface area contributed by atoms with E-state index in [1.807, 2.05) is 6.92 Å². The highest BCUT2D eigenvalue weighted by atomic mass is 32.1. The van der Waals surface area contributed by atoms with Gasteiger partial charge in [0.25, 0.3) is 5.56 Å². The van der Waals surface area contributed by atoms with Crippen molar-refractivity contribution in [2.75, 3.05) is 5.32 Å². The van der Waals surface area contributed by atoms with E-state index in [2.05, 4.69) is 33.8 Å². The van der Waals surface area contributed by atoms with Gasteiger partial charge in [0.2, 0.25) is 0 Å². The molecule has 7 heteroatoms. The minimum absolute atomic E-state index is 0.150. The zero-order valence-corrected chi connectivity index (χ0v) is 15.3. The molecule has 2 aromatic heterocycles. The van der Waals surface area contributed by atoms with Gasteiger partial charge in [-0.05, 0) is 49.3 Å². The lowest BCUT2D eigenvalue weighted by atomic mass is 9.89. The molecule has 1 aliphatic carbocycles. The van der Waals surface area contributed by atoms with Gasteiger partial charge in [-0.15, -0.1) is 11.3 Å². The first-order chi connectivity index (χ1) is 12.6. The monoisotopic (exact) mass is 368 g/mol. The molecule has 1 aliphatic rings. The van der Waals surface area contributed by atoms with Crippen molar-refractivity contribution in [1.29, 1.82) is 0 Å². The molecule has 134 valence electrons. The summed E-state index contributed by atoms with van der Waals surface area (Å²) >= 11 is 1.37. The summed E-state index contributed by atoms with van der Waals surface area (Å²) in [5.74, 6) is 0. The average Bonchev–Trinajstić information content (AvgIpc) is 3.13. The highest BCUT2D eigenvalue weighted by Gasteiger charge is 2.15. The van der Waals surface area contributed by atoms with E-state index >= 15 is 0 Å².